The second-order valence-electron chi connectivity index (χ2n) is 13.7. The first kappa shape index (κ1) is 40.3. The van der Waals surface area contributed by atoms with Crippen LogP contribution in [0.2, 0.25) is 0 Å². The molecule has 0 saturated heterocycles. The Hall–Kier alpha value is -3.72. The van der Waals surface area contributed by atoms with Crippen LogP contribution in [0.5, 0.6) is 0 Å². The lowest BCUT2D eigenvalue weighted by atomic mass is 9.67. The summed E-state index contributed by atoms with van der Waals surface area (Å²) in [5.74, 6) is 1.60. The third-order valence-electron chi connectivity index (χ3n) is 9.06. The van der Waals surface area contributed by atoms with Gasteiger partial charge in [0.05, 0.1) is 36.8 Å². The normalized spacial score (nSPS) is 27.6. The second kappa shape index (κ2) is 23.6. The lowest BCUT2D eigenvalue weighted by molar-refractivity contribution is 0.147. The third-order valence-corrected chi connectivity index (χ3v) is 9.06. The van der Waals surface area contributed by atoms with Crippen molar-refractivity contribution in [3.05, 3.63) is 0 Å². The van der Waals surface area contributed by atoms with Crippen molar-refractivity contribution in [1.82, 2.24) is 0 Å². The second-order valence-corrected chi connectivity index (χ2v) is 13.7. The van der Waals surface area contributed by atoms with Crippen LogP contribution in [0.15, 0.2) is 30.0 Å². The Morgan fingerprint density at radius 3 is 1.35 bits per heavy atom. The van der Waals surface area contributed by atoms with Crippen LogP contribution >= 0.6 is 0 Å². The summed E-state index contributed by atoms with van der Waals surface area (Å²) in [4.78, 5) is 82.4. The van der Waals surface area contributed by atoms with E-state index in [-0.39, 0.29) is 23.5 Å². The predicted octanol–water partition coefficient (Wildman–Crippen LogP) is 6.38. The van der Waals surface area contributed by atoms with Gasteiger partial charge in [-0.3, -0.25) is 0 Å². The Morgan fingerprint density at radius 2 is 0.957 bits per heavy atom. The van der Waals surface area contributed by atoms with E-state index < -0.39 is 5.54 Å². The van der Waals surface area contributed by atoms with Crippen molar-refractivity contribution >= 4 is 36.5 Å². The lowest BCUT2D eigenvalue weighted by Crippen LogP contribution is -2.40. The van der Waals surface area contributed by atoms with Gasteiger partial charge in [0, 0.05) is 0 Å². The lowest BCUT2D eigenvalue weighted by Gasteiger charge is -2.41. The van der Waals surface area contributed by atoms with E-state index in [1.54, 1.807) is 24.3 Å². The van der Waals surface area contributed by atoms with E-state index in [2.05, 4.69) is 43.8 Å². The van der Waals surface area contributed by atoms with Gasteiger partial charge in [-0.1, -0.05) is 26.7 Å². The van der Waals surface area contributed by atoms with E-state index in [4.69, 9.17) is 0 Å². The minimum Gasteiger partial charge on any atom is -0.211 e. The number of unbranched alkanes of at least 4 members (excludes halogenated alkanes) is 3. The average Bonchev–Trinajstić information content (AvgIpc) is 3.01. The van der Waals surface area contributed by atoms with Gasteiger partial charge in [0.2, 0.25) is 36.5 Å². The molecule has 252 valence electrons. The Bertz CT molecular complexity index is 1130. The number of carbonyl (C=O) groups excluding carboxylic acids is 6. The molecule has 3 aliphatic rings. The van der Waals surface area contributed by atoms with Gasteiger partial charge in [-0.15, -0.1) is 0 Å². The number of rotatable bonds is 13. The molecule has 3 aliphatic carbocycles. The molecule has 0 amide bonds. The summed E-state index contributed by atoms with van der Waals surface area (Å²) in [5, 5.41) is 0. The SMILES string of the molecule is CC1(C)CC(N=C=O)CC(C)(N=C=O)C1.O=C=NC1CCC(CC2CCC(N=C=O)CC2)CC1.O=C=NCCCCCCN=C=O. The Labute approximate surface area is 272 Å². The summed E-state index contributed by atoms with van der Waals surface area (Å²) in [6, 6.07) is 0.381. The highest BCUT2D eigenvalue weighted by Crippen LogP contribution is 2.43. The number of aliphatic imine (C=N–C) groups is 6. The summed E-state index contributed by atoms with van der Waals surface area (Å²) >= 11 is 0. The molecule has 0 N–H and O–H groups in total. The fourth-order valence-corrected chi connectivity index (χ4v) is 7.22. The fraction of sp³-hybridized carbons (Fsp3) is 0.824. The molecular weight excluding hydrogens is 588 g/mol. The van der Waals surface area contributed by atoms with Gasteiger partial charge in [0.25, 0.3) is 0 Å². The van der Waals surface area contributed by atoms with Crippen LogP contribution < -0.4 is 0 Å². The summed E-state index contributed by atoms with van der Waals surface area (Å²) in [6.45, 7) is 7.21. The van der Waals surface area contributed by atoms with E-state index >= 15 is 0 Å². The summed E-state index contributed by atoms with van der Waals surface area (Å²) in [6.07, 6.45) is 25.9. The standard InChI is InChI=1S/C15H22N2O2.C11H16N2O2.C8H12N2O2/c18-10-16-14-5-1-12(2-6-14)9-13-3-7-15(8-4-13)17-11-19;1-10(2)4-9(12-7-14)5-11(3,6-10)13-8-15;11-7-9-5-3-1-2-4-6-10-8-12/h12-15H,1-9H2;9H,4-6H2,1-3H3;1-6H2. The molecule has 3 rings (SSSR count). The highest BCUT2D eigenvalue weighted by molar-refractivity contribution is 5.36. The van der Waals surface area contributed by atoms with Crippen LogP contribution in [-0.2, 0) is 28.8 Å². The largest absolute Gasteiger partial charge is 0.235 e. The maximum Gasteiger partial charge on any atom is 0.235 e. The van der Waals surface area contributed by atoms with Crippen molar-refractivity contribution in [2.45, 2.75) is 147 Å². The smallest absolute Gasteiger partial charge is 0.211 e. The first-order valence-corrected chi connectivity index (χ1v) is 16.5. The van der Waals surface area contributed by atoms with Gasteiger partial charge in [-0.25, -0.2) is 53.7 Å². The molecule has 0 radical (unpaired) electrons. The van der Waals surface area contributed by atoms with Crippen LogP contribution in [0.3, 0.4) is 0 Å². The number of nitrogens with zero attached hydrogens (tertiary/aromatic N) is 6. The van der Waals surface area contributed by atoms with E-state index in [9.17, 15) is 28.8 Å². The van der Waals surface area contributed by atoms with Crippen molar-refractivity contribution in [3.63, 3.8) is 0 Å². The Balaban J connectivity index is 0.000000356. The maximum atomic E-state index is 10.4. The van der Waals surface area contributed by atoms with Crippen LogP contribution in [0.25, 0.3) is 0 Å². The van der Waals surface area contributed by atoms with Gasteiger partial charge >= 0.3 is 0 Å². The molecule has 46 heavy (non-hydrogen) atoms. The van der Waals surface area contributed by atoms with Gasteiger partial charge in [-0.05, 0) is 114 Å². The molecule has 2 unspecified atom stereocenters. The first-order chi connectivity index (χ1) is 22.1. The minimum absolute atomic E-state index is 0.0400. The Kier molecular flexibility index (Phi) is 20.7. The molecule has 0 heterocycles. The van der Waals surface area contributed by atoms with Crippen molar-refractivity contribution in [1.29, 1.82) is 0 Å². The molecule has 0 aromatic carbocycles. The van der Waals surface area contributed by atoms with Crippen molar-refractivity contribution < 1.29 is 28.8 Å². The summed E-state index contributed by atoms with van der Waals surface area (Å²) in [5.41, 5.74) is -0.396. The fourth-order valence-electron chi connectivity index (χ4n) is 7.22. The van der Waals surface area contributed by atoms with Gasteiger partial charge < -0.3 is 0 Å². The molecule has 3 saturated carbocycles. The highest BCUT2D eigenvalue weighted by atomic mass is 16.1. The zero-order valence-corrected chi connectivity index (χ0v) is 27.7. The van der Waals surface area contributed by atoms with E-state index in [1.165, 1.54) is 44.3 Å². The molecule has 0 aromatic rings. The predicted molar refractivity (Wildman–Crippen MR) is 173 cm³/mol. The summed E-state index contributed by atoms with van der Waals surface area (Å²) < 4.78 is 0. The molecule has 0 aliphatic heterocycles. The van der Waals surface area contributed by atoms with Crippen LogP contribution in [0.1, 0.15) is 124 Å². The van der Waals surface area contributed by atoms with Crippen molar-refractivity contribution in [2.24, 2.45) is 47.2 Å². The average molecular weight is 639 g/mol. The molecular formula is C34H50N6O6. The van der Waals surface area contributed by atoms with E-state index in [0.29, 0.717) is 19.5 Å². The number of isocyanates is 6. The quantitative estimate of drug-likeness (QED) is 0.128. The summed E-state index contributed by atoms with van der Waals surface area (Å²) in [7, 11) is 0. The molecule has 2 atom stereocenters. The van der Waals surface area contributed by atoms with Crippen molar-refractivity contribution in [2.75, 3.05) is 13.1 Å². The van der Waals surface area contributed by atoms with Gasteiger partial charge in [0.1, 0.15) is 0 Å². The van der Waals surface area contributed by atoms with Crippen LogP contribution in [-0.4, -0.2) is 73.2 Å². The molecule has 12 nitrogen and oxygen atoms in total. The first-order valence-electron chi connectivity index (χ1n) is 16.5. The zero-order valence-electron chi connectivity index (χ0n) is 27.7. The van der Waals surface area contributed by atoms with Crippen molar-refractivity contribution in [3.8, 4) is 0 Å². The van der Waals surface area contributed by atoms with E-state index in [1.807, 2.05) is 6.92 Å². The molecule has 3 fully saturated rings. The maximum absolute atomic E-state index is 10.4. The minimum atomic E-state index is -0.436. The molecule has 0 bridgehead atoms. The third kappa shape index (κ3) is 18.3. The number of hydrogen-bond acceptors (Lipinski definition) is 12. The highest BCUT2D eigenvalue weighted by Gasteiger charge is 2.41. The molecule has 0 aromatic heterocycles. The Morgan fingerprint density at radius 1 is 0.522 bits per heavy atom. The zero-order chi connectivity index (χ0) is 34.1. The van der Waals surface area contributed by atoms with Gasteiger partial charge in [-0.2, -0.15) is 4.99 Å². The van der Waals surface area contributed by atoms with Crippen LogP contribution in [0.4, 0.5) is 0 Å². The topological polar surface area (TPSA) is 177 Å². The monoisotopic (exact) mass is 638 g/mol. The number of hydrogen-bond donors (Lipinski definition) is 0. The molecule has 0 spiro atoms. The van der Waals surface area contributed by atoms with E-state index in [0.717, 1.165) is 76.0 Å². The van der Waals surface area contributed by atoms with Crippen LogP contribution in [0, 0.1) is 17.3 Å². The van der Waals surface area contributed by atoms with Gasteiger partial charge in [0.15, 0.2) is 0 Å². The molecule has 12 heteroatoms.